The van der Waals surface area contributed by atoms with Crippen molar-refractivity contribution < 1.29 is 19.5 Å². The summed E-state index contributed by atoms with van der Waals surface area (Å²) in [6.07, 6.45) is 9.07. The molecule has 39 heavy (non-hydrogen) atoms. The van der Waals surface area contributed by atoms with Gasteiger partial charge in [0.2, 0.25) is 17.7 Å². The highest BCUT2D eigenvalue weighted by atomic mass is 32.2. The van der Waals surface area contributed by atoms with E-state index in [-0.39, 0.29) is 29.6 Å². The number of carbonyl (C=O) groups excluding carboxylic acids is 3. The van der Waals surface area contributed by atoms with Gasteiger partial charge in [0.25, 0.3) is 0 Å². The van der Waals surface area contributed by atoms with E-state index in [0.29, 0.717) is 39.0 Å². The van der Waals surface area contributed by atoms with Gasteiger partial charge in [-0.25, -0.2) is 0 Å². The fraction of sp³-hybridized carbons (Fsp3) is 0.581. The maximum absolute atomic E-state index is 14.3. The van der Waals surface area contributed by atoms with Gasteiger partial charge < -0.3 is 19.8 Å². The second-order valence-corrected chi connectivity index (χ2v) is 12.5. The van der Waals surface area contributed by atoms with Crippen molar-refractivity contribution in [1.82, 2.24) is 9.80 Å². The molecule has 3 aliphatic rings. The fourth-order valence-electron chi connectivity index (χ4n) is 6.73. The highest BCUT2D eigenvalue weighted by Gasteiger charge is 2.74. The van der Waals surface area contributed by atoms with Crippen LogP contribution in [0.1, 0.15) is 51.9 Å². The molecule has 0 aliphatic carbocycles. The number of thioether (sulfide) groups is 1. The molecule has 7 nitrogen and oxygen atoms in total. The molecule has 3 fully saturated rings. The summed E-state index contributed by atoms with van der Waals surface area (Å²) >= 11 is 1.71. The number of rotatable bonds is 15. The lowest BCUT2D eigenvalue weighted by atomic mass is 9.70. The molecular formula is C31H43N3O4S. The summed E-state index contributed by atoms with van der Waals surface area (Å²) in [4.78, 5) is 48.1. The molecule has 8 heteroatoms. The first-order valence-electron chi connectivity index (χ1n) is 14.4. The van der Waals surface area contributed by atoms with E-state index < -0.39 is 22.6 Å². The van der Waals surface area contributed by atoms with E-state index >= 15 is 0 Å². The zero-order valence-corrected chi connectivity index (χ0v) is 24.0. The van der Waals surface area contributed by atoms with E-state index in [1.165, 1.54) is 0 Å². The Morgan fingerprint density at radius 1 is 1.10 bits per heavy atom. The van der Waals surface area contributed by atoms with Crippen LogP contribution in [0.3, 0.4) is 0 Å². The van der Waals surface area contributed by atoms with Crippen molar-refractivity contribution in [3.05, 3.63) is 55.6 Å². The van der Waals surface area contributed by atoms with Crippen LogP contribution in [0.15, 0.2) is 55.6 Å². The van der Waals surface area contributed by atoms with E-state index in [0.717, 1.165) is 37.8 Å². The molecule has 1 aromatic carbocycles. The molecule has 4 rings (SSSR count). The summed E-state index contributed by atoms with van der Waals surface area (Å²) in [6.45, 7) is 11.9. The lowest BCUT2D eigenvalue weighted by Gasteiger charge is -2.37. The van der Waals surface area contributed by atoms with Crippen LogP contribution in [0.5, 0.6) is 0 Å². The third-order valence-corrected chi connectivity index (χ3v) is 10.4. The first kappa shape index (κ1) is 29.4. The summed E-state index contributed by atoms with van der Waals surface area (Å²) in [5.41, 5.74) is 0.792. The van der Waals surface area contributed by atoms with Gasteiger partial charge >= 0.3 is 0 Å². The minimum atomic E-state index is -0.599. The lowest BCUT2D eigenvalue weighted by molar-refractivity contribution is -0.142. The largest absolute Gasteiger partial charge is 0.396 e. The van der Waals surface area contributed by atoms with Gasteiger partial charge in [0, 0.05) is 43.7 Å². The molecule has 3 saturated heterocycles. The number of likely N-dealkylation sites (tertiary alicyclic amines) is 1. The summed E-state index contributed by atoms with van der Waals surface area (Å²) in [6, 6.07) is 8.97. The number of para-hydroxylation sites is 1. The minimum Gasteiger partial charge on any atom is -0.396 e. The number of benzene rings is 1. The SMILES string of the molecule is C=CCN(CCCC)C(=O)C1N(CCCCCO)C(=O)[C@@H]2[C@H](C(=O)N(CC=C)c3ccccc3)[C@@H]3CCC12S3. The van der Waals surface area contributed by atoms with E-state index in [9.17, 15) is 19.5 Å². The Kier molecular flexibility index (Phi) is 9.94. The van der Waals surface area contributed by atoms with Crippen LogP contribution in [-0.2, 0) is 14.4 Å². The van der Waals surface area contributed by atoms with Crippen LogP contribution >= 0.6 is 11.8 Å². The van der Waals surface area contributed by atoms with Gasteiger partial charge in [0.1, 0.15) is 6.04 Å². The normalized spacial score (nSPS) is 26.9. The molecular weight excluding hydrogens is 510 g/mol. The summed E-state index contributed by atoms with van der Waals surface area (Å²) in [7, 11) is 0. The van der Waals surface area contributed by atoms with Crippen molar-refractivity contribution in [2.24, 2.45) is 11.8 Å². The summed E-state index contributed by atoms with van der Waals surface area (Å²) in [5.74, 6) is -1.13. The first-order chi connectivity index (χ1) is 18.9. The number of carbonyl (C=O) groups is 3. The van der Waals surface area contributed by atoms with Gasteiger partial charge in [-0.15, -0.1) is 24.9 Å². The quantitative estimate of drug-likeness (QED) is 0.259. The van der Waals surface area contributed by atoms with Crippen LogP contribution in [0.2, 0.25) is 0 Å². The number of nitrogens with zero attached hydrogens (tertiary/aromatic N) is 3. The lowest BCUT2D eigenvalue weighted by Crippen LogP contribution is -2.55. The Bertz CT molecular complexity index is 1050. The van der Waals surface area contributed by atoms with Crippen LogP contribution < -0.4 is 4.90 Å². The van der Waals surface area contributed by atoms with Crippen molar-refractivity contribution in [2.75, 3.05) is 37.7 Å². The molecule has 0 saturated carbocycles. The Labute approximate surface area is 237 Å². The molecule has 3 heterocycles. The summed E-state index contributed by atoms with van der Waals surface area (Å²) in [5, 5.41) is 9.27. The van der Waals surface area contributed by atoms with Crippen molar-refractivity contribution in [2.45, 2.75) is 67.9 Å². The van der Waals surface area contributed by atoms with Gasteiger partial charge in [0.05, 0.1) is 16.6 Å². The Hall–Kier alpha value is -2.58. The molecule has 1 N–H and O–H groups in total. The zero-order valence-electron chi connectivity index (χ0n) is 23.2. The minimum absolute atomic E-state index is 0.0119. The average Bonchev–Trinajstić information content (AvgIpc) is 3.59. The third kappa shape index (κ3) is 5.55. The van der Waals surface area contributed by atoms with Gasteiger partial charge in [0.15, 0.2) is 0 Å². The molecule has 2 unspecified atom stereocenters. The van der Waals surface area contributed by atoms with Crippen LogP contribution in [0, 0.1) is 11.8 Å². The number of amides is 3. The molecule has 5 atom stereocenters. The number of hydrogen-bond donors (Lipinski definition) is 1. The van der Waals surface area contributed by atoms with Crippen LogP contribution in [-0.4, -0.2) is 81.5 Å². The van der Waals surface area contributed by atoms with Gasteiger partial charge in [-0.3, -0.25) is 14.4 Å². The molecule has 1 aromatic rings. The molecule has 212 valence electrons. The van der Waals surface area contributed by atoms with Crippen molar-refractivity contribution in [3.8, 4) is 0 Å². The average molecular weight is 554 g/mol. The maximum Gasteiger partial charge on any atom is 0.247 e. The van der Waals surface area contributed by atoms with Crippen molar-refractivity contribution in [3.63, 3.8) is 0 Å². The van der Waals surface area contributed by atoms with Crippen molar-refractivity contribution in [1.29, 1.82) is 0 Å². The predicted octanol–water partition coefficient (Wildman–Crippen LogP) is 4.27. The van der Waals surface area contributed by atoms with E-state index in [1.807, 2.05) is 35.2 Å². The molecule has 2 bridgehead atoms. The number of anilines is 1. The van der Waals surface area contributed by atoms with Crippen molar-refractivity contribution >= 4 is 35.2 Å². The maximum atomic E-state index is 14.3. The fourth-order valence-corrected chi connectivity index (χ4v) is 8.94. The number of aliphatic hydroxyl groups is 1. The molecule has 0 radical (unpaired) electrons. The molecule has 1 spiro atoms. The highest BCUT2D eigenvalue weighted by molar-refractivity contribution is 8.02. The monoisotopic (exact) mass is 553 g/mol. The highest BCUT2D eigenvalue weighted by Crippen LogP contribution is 2.66. The number of unbranched alkanes of at least 4 members (excludes halogenated alkanes) is 3. The number of hydrogen-bond acceptors (Lipinski definition) is 5. The van der Waals surface area contributed by atoms with Gasteiger partial charge in [-0.05, 0) is 50.7 Å². The van der Waals surface area contributed by atoms with E-state index in [1.54, 1.807) is 33.7 Å². The predicted molar refractivity (Wildman–Crippen MR) is 157 cm³/mol. The Balaban J connectivity index is 1.70. The van der Waals surface area contributed by atoms with E-state index in [4.69, 9.17) is 0 Å². The Morgan fingerprint density at radius 3 is 2.51 bits per heavy atom. The number of aliphatic hydroxyl groups excluding tert-OH is 1. The van der Waals surface area contributed by atoms with E-state index in [2.05, 4.69) is 20.1 Å². The van der Waals surface area contributed by atoms with Gasteiger partial charge in [-0.1, -0.05) is 43.7 Å². The topological polar surface area (TPSA) is 81.2 Å². The smallest absolute Gasteiger partial charge is 0.247 e. The molecule has 3 aliphatic heterocycles. The molecule has 3 amide bonds. The van der Waals surface area contributed by atoms with Crippen LogP contribution in [0.4, 0.5) is 5.69 Å². The molecule has 0 aromatic heterocycles. The first-order valence-corrected chi connectivity index (χ1v) is 15.3. The Morgan fingerprint density at radius 2 is 1.85 bits per heavy atom. The number of fused-ring (bicyclic) bond motifs is 1. The second-order valence-electron chi connectivity index (χ2n) is 10.9. The van der Waals surface area contributed by atoms with Crippen LogP contribution in [0.25, 0.3) is 0 Å². The third-order valence-electron chi connectivity index (χ3n) is 8.46. The zero-order chi connectivity index (χ0) is 28.0. The standard InChI is InChI=1S/C31H43N3O4S/c1-4-7-20-32(18-5-2)30(38)27-31-17-16-24(39-31)25(26(31)29(37)34(27)21-12-9-13-22-35)28(36)33(19-6-3)23-14-10-8-11-15-23/h5-6,8,10-11,14-15,24-27,35H,2-4,7,9,12-13,16-22H2,1H3/t24-,25+,26-,27?,31?/m0/s1. The second kappa shape index (κ2) is 13.2. The summed E-state index contributed by atoms with van der Waals surface area (Å²) < 4.78 is -0.599. The van der Waals surface area contributed by atoms with Gasteiger partial charge in [-0.2, -0.15) is 0 Å².